The second kappa shape index (κ2) is 5.19. The summed E-state index contributed by atoms with van der Waals surface area (Å²) in [4.78, 5) is 15.6. The van der Waals surface area contributed by atoms with Crippen molar-refractivity contribution in [3.63, 3.8) is 0 Å². The van der Waals surface area contributed by atoms with Crippen LogP contribution in [0.1, 0.15) is 17.3 Å². The number of ether oxygens (including phenoxy) is 1. The Balaban J connectivity index is 2.68. The van der Waals surface area contributed by atoms with E-state index in [4.69, 9.17) is 16.3 Å². The Morgan fingerprint density at radius 2 is 2.00 bits per heavy atom. The normalized spacial score (nSPS) is 10.2. The topological polar surface area (TPSA) is 39.2 Å². The van der Waals surface area contributed by atoms with E-state index in [2.05, 4.69) is 4.98 Å². The van der Waals surface area contributed by atoms with E-state index in [1.165, 1.54) is 6.92 Å². The second-order valence-corrected chi connectivity index (χ2v) is 4.20. The molecule has 0 saturated heterocycles. The van der Waals surface area contributed by atoms with Crippen LogP contribution in [0.4, 0.5) is 0 Å². The summed E-state index contributed by atoms with van der Waals surface area (Å²) in [5.41, 5.74) is 2.20. The Morgan fingerprint density at radius 1 is 1.28 bits per heavy atom. The predicted molar refractivity (Wildman–Crippen MR) is 71.2 cm³/mol. The summed E-state index contributed by atoms with van der Waals surface area (Å²) in [6.07, 6.45) is 1.55. The third kappa shape index (κ3) is 2.36. The lowest BCUT2D eigenvalue weighted by molar-refractivity contribution is 0.101. The molecule has 0 saturated carbocycles. The van der Waals surface area contributed by atoms with E-state index in [9.17, 15) is 4.79 Å². The summed E-state index contributed by atoms with van der Waals surface area (Å²) in [6, 6.07) is 9.05. The van der Waals surface area contributed by atoms with Gasteiger partial charge in [-0.15, -0.1) is 0 Å². The molecule has 0 unspecified atom stereocenters. The maximum atomic E-state index is 11.6. The summed E-state index contributed by atoms with van der Waals surface area (Å²) in [7, 11) is 1.56. The Kier molecular flexibility index (Phi) is 3.63. The van der Waals surface area contributed by atoms with Crippen LogP contribution in [0.25, 0.3) is 11.1 Å². The number of Topliss-reactive ketones (excluding diaryl/α,β-unsaturated/α-hetero) is 1. The van der Waals surface area contributed by atoms with Crippen molar-refractivity contribution in [3.8, 4) is 16.9 Å². The molecule has 1 heterocycles. The number of nitrogens with zero attached hydrogens (tertiary/aromatic N) is 1. The first-order valence-corrected chi connectivity index (χ1v) is 5.81. The molecule has 92 valence electrons. The monoisotopic (exact) mass is 261 g/mol. The number of carbonyl (C=O) groups is 1. The van der Waals surface area contributed by atoms with Crippen molar-refractivity contribution in [3.05, 3.63) is 47.2 Å². The first-order chi connectivity index (χ1) is 8.63. The highest BCUT2D eigenvalue weighted by Gasteiger charge is 2.13. The third-order valence-corrected chi connectivity index (χ3v) is 2.86. The lowest BCUT2D eigenvalue weighted by Gasteiger charge is -2.11. The van der Waals surface area contributed by atoms with Crippen molar-refractivity contribution in [1.29, 1.82) is 0 Å². The fraction of sp³-hybridized carbons (Fsp3) is 0.143. The zero-order valence-electron chi connectivity index (χ0n) is 10.1. The number of methoxy groups -OCH3 is 1. The number of aromatic nitrogens is 1. The molecule has 0 N–H and O–H groups in total. The molecule has 0 aliphatic heterocycles. The summed E-state index contributed by atoms with van der Waals surface area (Å²) in [5.74, 6) is 0.591. The molecule has 2 aromatic rings. The maximum absolute atomic E-state index is 11.6. The molecule has 18 heavy (non-hydrogen) atoms. The Bertz CT molecular complexity index is 596. The molecule has 0 aliphatic carbocycles. The molecular weight excluding hydrogens is 250 g/mol. The molecule has 0 atom stereocenters. The molecule has 2 rings (SSSR count). The maximum Gasteiger partial charge on any atom is 0.160 e. The van der Waals surface area contributed by atoms with Gasteiger partial charge in [0.05, 0.1) is 13.3 Å². The summed E-state index contributed by atoms with van der Waals surface area (Å²) in [5, 5.41) is 0.365. The molecule has 0 aliphatic rings. The first-order valence-electron chi connectivity index (χ1n) is 5.43. The minimum absolute atomic E-state index is 0.000544. The summed E-state index contributed by atoms with van der Waals surface area (Å²) >= 11 is 5.90. The van der Waals surface area contributed by atoms with Gasteiger partial charge in [-0.05, 0) is 18.6 Å². The molecule has 0 fully saturated rings. The van der Waals surface area contributed by atoms with Gasteiger partial charge in [-0.25, -0.2) is 4.98 Å². The first kappa shape index (κ1) is 12.6. The zero-order chi connectivity index (χ0) is 13.1. The molecule has 0 radical (unpaired) electrons. The summed E-state index contributed by atoms with van der Waals surface area (Å²) < 4.78 is 5.26. The number of ketones is 1. The number of carbonyl (C=O) groups excluding carboxylic acids is 1. The average molecular weight is 262 g/mol. The van der Waals surface area contributed by atoms with E-state index in [1.54, 1.807) is 25.4 Å². The highest BCUT2D eigenvalue weighted by atomic mass is 35.5. The zero-order valence-corrected chi connectivity index (χ0v) is 10.9. The number of halogens is 1. The predicted octanol–water partition coefficient (Wildman–Crippen LogP) is 3.61. The number of hydrogen-bond donors (Lipinski definition) is 0. The van der Waals surface area contributed by atoms with Crippen molar-refractivity contribution in [2.45, 2.75) is 6.92 Å². The van der Waals surface area contributed by atoms with Gasteiger partial charge < -0.3 is 4.74 Å². The van der Waals surface area contributed by atoms with Crippen LogP contribution < -0.4 is 4.74 Å². The van der Waals surface area contributed by atoms with Gasteiger partial charge in [-0.2, -0.15) is 0 Å². The van der Waals surface area contributed by atoms with Gasteiger partial charge in [0.1, 0.15) is 10.9 Å². The minimum atomic E-state index is 0.000544. The Labute approximate surface area is 110 Å². The van der Waals surface area contributed by atoms with Crippen LogP contribution >= 0.6 is 11.6 Å². The smallest absolute Gasteiger partial charge is 0.160 e. The van der Waals surface area contributed by atoms with E-state index in [-0.39, 0.29) is 5.78 Å². The van der Waals surface area contributed by atoms with Crippen molar-refractivity contribution in [2.24, 2.45) is 0 Å². The fourth-order valence-corrected chi connectivity index (χ4v) is 1.97. The number of hydrogen-bond acceptors (Lipinski definition) is 3. The van der Waals surface area contributed by atoms with Crippen LogP contribution in [0.3, 0.4) is 0 Å². The summed E-state index contributed by atoms with van der Waals surface area (Å²) in [6.45, 7) is 1.54. The van der Waals surface area contributed by atoms with Crippen molar-refractivity contribution in [2.75, 3.05) is 7.11 Å². The van der Waals surface area contributed by atoms with E-state index in [0.29, 0.717) is 16.5 Å². The molecule has 1 aromatic heterocycles. The Morgan fingerprint density at radius 3 is 2.67 bits per heavy atom. The number of rotatable bonds is 3. The van der Waals surface area contributed by atoms with E-state index in [1.807, 2.05) is 18.2 Å². The minimum Gasteiger partial charge on any atom is -0.494 e. The molecule has 0 bridgehead atoms. The largest absolute Gasteiger partial charge is 0.494 e. The highest BCUT2D eigenvalue weighted by Crippen LogP contribution is 2.33. The molecule has 3 nitrogen and oxygen atoms in total. The van der Waals surface area contributed by atoms with Gasteiger partial charge in [0.25, 0.3) is 0 Å². The van der Waals surface area contributed by atoms with Crippen LogP contribution in [-0.2, 0) is 0 Å². The lowest BCUT2D eigenvalue weighted by Crippen LogP contribution is -1.98. The fourth-order valence-electron chi connectivity index (χ4n) is 1.82. The van der Waals surface area contributed by atoms with E-state index in [0.717, 1.165) is 11.1 Å². The van der Waals surface area contributed by atoms with Gasteiger partial charge >= 0.3 is 0 Å². The highest BCUT2D eigenvalue weighted by molar-refractivity contribution is 6.29. The molecule has 4 heteroatoms. The van der Waals surface area contributed by atoms with Crippen molar-refractivity contribution < 1.29 is 9.53 Å². The lowest BCUT2D eigenvalue weighted by atomic mass is 9.98. The van der Waals surface area contributed by atoms with Crippen LogP contribution in [0.5, 0.6) is 5.75 Å². The third-order valence-electron chi connectivity index (χ3n) is 2.65. The Hall–Kier alpha value is -1.87. The SMILES string of the molecule is COc1cnc(Cl)cc1-c1ccccc1C(C)=O. The van der Waals surface area contributed by atoms with Gasteiger partial charge in [0.2, 0.25) is 0 Å². The van der Waals surface area contributed by atoms with Gasteiger partial charge in [0, 0.05) is 11.1 Å². The van der Waals surface area contributed by atoms with Crippen LogP contribution in [0.15, 0.2) is 36.5 Å². The second-order valence-electron chi connectivity index (χ2n) is 3.81. The van der Waals surface area contributed by atoms with Gasteiger partial charge in [0.15, 0.2) is 5.78 Å². The molecule has 0 amide bonds. The van der Waals surface area contributed by atoms with Crippen molar-refractivity contribution in [1.82, 2.24) is 4.98 Å². The molecule has 0 spiro atoms. The van der Waals surface area contributed by atoms with Crippen LogP contribution in [0.2, 0.25) is 5.15 Å². The molecular formula is C14H12ClNO2. The van der Waals surface area contributed by atoms with Gasteiger partial charge in [-0.1, -0.05) is 35.9 Å². The van der Waals surface area contributed by atoms with Crippen molar-refractivity contribution >= 4 is 17.4 Å². The van der Waals surface area contributed by atoms with Crippen LogP contribution in [-0.4, -0.2) is 17.9 Å². The van der Waals surface area contributed by atoms with Crippen LogP contribution in [0, 0.1) is 0 Å². The number of pyridine rings is 1. The standard InChI is InChI=1S/C14H12ClNO2/c1-9(17)10-5-3-4-6-11(10)12-7-14(15)16-8-13(12)18-2/h3-8H,1-2H3. The number of benzene rings is 1. The average Bonchev–Trinajstić information content (AvgIpc) is 2.38. The molecule has 1 aromatic carbocycles. The van der Waals surface area contributed by atoms with Gasteiger partial charge in [-0.3, -0.25) is 4.79 Å². The quantitative estimate of drug-likeness (QED) is 0.626. The van der Waals surface area contributed by atoms with E-state index < -0.39 is 0 Å². The van der Waals surface area contributed by atoms with E-state index >= 15 is 0 Å².